The molecule has 0 spiro atoms. The predicted molar refractivity (Wildman–Crippen MR) is 103 cm³/mol. The van der Waals surface area contributed by atoms with Crippen LogP contribution < -0.4 is 9.50 Å². The van der Waals surface area contributed by atoms with E-state index in [0.29, 0.717) is 6.42 Å². The highest BCUT2D eigenvalue weighted by Crippen LogP contribution is 2.19. The minimum Gasteiger partial charge on any atom is -0.383 e. The Bertz CT molecular complexity index is 933. The van der Waals surface area contributed by atoms with Gasteiger partial charge in [-0.3, -0.25) is 0 Å². The Morgan fingerprint density at radius 2 is 1.79 bits per heavy atom. The van der Waals surface area contributed by atoms with Crippen LogP contribution in [0.5, 0.6) is 5.75 Å². The van der Waals surface area contributed by atoms with E-state index in [1.165, 1.54) is 18.2 Å². The van der Waals surface area contributed by atoms with Crippen molar-refractivity contribution in [2.45, 2.75) is 32.9 Å². The van der Waals surface area contributed by atoms with Gasteiger partial charge in [0.1, 0.15) is 5.75 Å². The first kappa shape index (κ1) is 21.6. The fourth-order valence-corrected chi connectivity index (χ4v) is 2.90. The normalized spacial score (nSPS) is 12.3. The average molecular weight is 412 g/mol. The maximum atomic E-state index is 13.4. The van der Waals surface area contributed by atoms with Crippen LogP contribution in [0.1, 0.15) is 25.8 Å². The Kier molecular flexibility index (Phi) is 6.95. The molecule has 0 aromatic heterocycles. The second-order valence-electron chi connectivity index (χ2n) is 6.38. The lowest BCUT2D eigenvalue weighted by molar-refractivity contribution is 0.187. The number of urea groups is 1. The van der Waals surface area contributed by atoms with E-state index in [9.17, 15) is 22.0 Å². The molecular formula is C19H22F2N2O4S. The molecule has 0 fully saturated rings. The maximum absolute atomic E-state index is 13.4. The minimum atomic E-state index is -3.62. The third-order valence-electron chi connectivity index (χ3n) is 4.08. The molecule has 2 amide bonds. The first-order chi connectivity index (χ1) is 13.1. The van der Waals surface area contributed by atoms with Crippen molar-refractivity contribution in [2.75, 3.05) is 11.6 Å². The summed E-state index contributed by atoms with van der Waals surface area (Å²) in [5.41, 5.74) is 0.899. The lowest BCUT2D eigenvalue weighted by atomic mass is 10.1. The molecule has 152 valence electrons. The number of benzene rings is 2. The summed E-state index contributed by atoms with van der Waals surface area (Å²) in [6.07, 6.45) is 1.63. The summed E-state index contributed by atoms with van der Waals surface area (Å²) in [7, 11) is -3.62. The summed E-state index contributed by atoms with van der Waals surface area (Å²) in [5.74, 6) is -1.87. The summed E-state index contributed by atoms with van der Waals surface area (Å²) in [6, 6.07) is 8.85. The van der Waals surface area contributed by atoms with Crippen LogP contribution >= 0.6 is 0 Å². The van der Waals surface area contributed by atoms with E-state index in [0.717, 1.165) is 24.0 Å². The number of halogens is 2. The van der Waals surface area contributed by atoms with Crippen LogP contribution in [0.3, 0.4) is 0 Å². The molecule has 2 aromatic carbocycles. The van der Waals surface area contributed by atoms with Gasteiger partial charge in [-0.25, -0.2) is 13.6 Å². The van der Waals surface area contributed by atoms with Gasteiger partial charge in [-0.15, -0.1) is 0 Å². The number of nitrogens with zero attached hydrogens (tertiary/aromatic N) is 1. The van der Waals surface area contributed by atoms with Crippen LogP contribution in [0.15, 0.2) is 42.5 Å². The zero-order valence-electron chi connectivity index (χ0n) is 15.8. The lowest BCUT2D eigenvalue weighted by Crippen LogP contribution is -2.40. The molecule has 1 unspecified atom stereocenters. The summed E-state index contributed by atoms with van der Waals surface area (Å²) in [4.78, 5) is 14.2. The molecule has 6 nitrogen and oxygen atoms in total. The predicted octanol–water partition coefficient (Wildman–Crippen LogP) is 4.14. The van der Waals surface area contributed by atoms with Gasteiger partial charge in [0.15, 0.2) is 11.6 Å². The Hall–Kier alpha value is -2.68. The Balaban J connectivity index is 2.14. The van der Waals surface area contributed by atoms with Crippen molar-refractivity contribution in [3.05, 3.63) is 59.7 Å². The first-order valence-electron chi connectivity index (χ1n) is 8.60. The van der Waals surface area contributed by atoms with E-state index in [4.69, 9.17) is 4.18 Å². The van der Waals surface area contributed by atoms with Crippen LogP contribution in [0.4, 0.5) is 19.3 Å². The molecule has 0 aliphatic rings. The van der Waals surface area contributed by atoms with Crippen molar-refractivity contribution >= 4 is 21.8 Å². The van der Waals surface area contributed by atoms with Gasteiger partial charge in [-0.1, -0.05) is 19.1 Å². The van der Waals surface area contributed by atoms with Crippen LogP contribution in [-0.4, -0.2) is 31.6 Å². The molecule has 9 heteroatoms. The molecule has 2 aromatic rings. The summed E-state index contributed by atoms with van der Waals surface area (Å²) < 4.78 is 53.5. The van der Waals surface area contributed by atoms with Crippen LogP contribution in [0.2, 0.25) is 0 Å². The highest BCUT2D eigenvalue weighted by molar-refractivity contribution is 7.86. The number of hydrogen-bond acceptors (Lipinski definition) is 4. The largest absolute Gasteiger partial charge is 0.383 e. The third-order valence-corrected chi connectivity index (χ3v) is 4.57. The SMILES string of the molecule is CCC(C)N(Cc1ccc(OS(C)(=O)=O)cc1)C(=O)Nc1ccc(F)c(F)c1. The molecule has 0 saturated carbocycles. The minimum absolute atomic E-state index is 0.128. The van der Waals surface area contributed by atoms with Gasteiger partial charge in [0, 0.05) is 24.3 Å². The number of carbonyl (C=O) groups is 1. The monoisotopic (exact) mass is 412 g/mol. The molecular weight excluding hydrogens is 390 g/mol. The van der Waals surface area contributed by atoms with Crippen molar-refractivity contribution in [3.8, 4) is 5.75 Å². The number of carbonyl (C=O) groups excluding carboxylic acids is 1. The number of anilines is 1. The van der Waals surface area contributed by atoms with Crippen LogP contribution in [-0.2, 0) is 16.7 Å². The molecule has 0 heterocycles. The van der Waals surface area contributed by atoms with Gasteiger partial charge >= 0.3 is 16.1 Å². The molecule has 0 aliphatic carbocycles. The van der Waals surface area contributed by atoms with Crippen molar-refractivity contribution in [2.24, 2.45) is 0 Å². The summed E-state index contributed by atoms with van der Waals surface area (Å²) in [5, 5.41) is 2.56. The van der Waals surface area contributed by atoms with Gasteiger partial charge in [-0.2, -0.15) is 8.42 Å². The summed E-state index contributed by atoms with van der Waals surface area (Å²) in [6.45, 7) is 4.03. The van der Waals surface area contributed by atoms with E-state index < -0.39 is 27.8 Å². The van der Waals surface area contributed by atoms with E-state index in [2.05, 4.69) is 5.32 Å². The molecule has 0 saturated heterocycles. The summed E-state index contributed by atoms with van der Waals surface area (Å²) >= 11 is 0. The molecule has 1 N–H and O–H groups in total. The second kappa shape index (κ2) is 9.01. The van der Waals surface area contributed by atoms with Crippen LogP contribution in [0, 0.1) is 11.6 Å². The Morgan fingerprint density at radius 1 is 1.14 bits per heavy atom. The smallest absolute Gasteiger partial charge is 0.322 e. The quantitative estimate of drug-likeness (QED) is 0.694. The lowest BCUT2D eigenvalue weighted by Gasteiger charge is -2.29. The highest BCUT2D eigenvalue weighted by atomic mass is 32.2. The Morgan fingerprint density at radius 3 is 2.32 bits per heavy atom. The highest BCUT2D eigenvalue weighted by Gasteiger charge is 2.20. The molecule has 0 bridgehead atoms. The van der Waals surface area contributed by atoms with E-state index in [1.54, 1.807) is 17.0 Å². The number of nitrogens with one attached hydrogen (secondary N) is 1. The van der Waals surface area contributed by atoms with E-state index >= 15 is 0 Å². The number of rotatable bonds is 7. The Labute approximate surface area is 163 Å². The third kappa shape index (κ3) is 6.19. The van der Waals surface area contributed by atoms with Crippen molar-refractivity contribution in [1.29, 1.82) is 0 Å². The maximum Gasteiger partial charge on any atom is 0.322 e. The zero-order valence-corrected chi connectivity index (χ0v) is 16.6. The zero-order chi connectivity index (χ0) is 20.9. The fourth-order valence-electron chi connectivity index (χ4n) is 2.44. The molecule has 0 aliphatic heterocycles. The molecule has 1 atom stereocenters. The average Bonchev–Trinajstić information content (AvgIpc) is 2.62. The van der Waals surface area contributed by atoms with E-state index in [1.807, 2.05) is 13.8 Å². The second-order valence-corrected chi connectivity index (χ2v) is 7.95. The van der Waals surface area contributed by atoms with Crippen molar-refractivity contribution < 1.29 is 26.2 Å². The van der Waals surface area contributed by atoms with Gasteiger partial charge in [0.2, 0.25) is 0 Å². The van der Waals surface area contributed by atoms with Crippen LogP contribution in [0.25, 0.3) is 0 Å². The standard InChI is InChI=1S/C19H22F2N2O4S/c1-4-13(2)23(19(24)22-15-7-10-17(20)18(21)11-15)12-14-5-8-16(9-6-14)27-28(3,25)26/h5-11,13H,4,12H2,1-3H3,(H,22,24). The number of hydrogen-bond donors (Lipinski definition) is 1. The van der Waals surface area contributed by atoms with Gasteiger partial charge < -0.3 is 14.4 Å². The topological polar surface area (TPSA) is 75.7 Å². The van der Waals surface area contributed by atoms with Crippen molar-refractivity contribution in [3.63, 3.8) is 0 Å². The molecule has 0 radical (unpaired) electrons. The van der Waals surface area contributed by atoms with Crippen molar-refractivity contribution in [1.82, 2.24) is 4.90 Å². The fraction of sp³-hybridized carbons (Fsp3) is 0.316. The number of amides is 2. The van der Waals surface area contributed by atoms with Gasteiger partial charge in [-0.05, 0) is 43.2 Å². The molecule has 2 rings (SSSR count). The molecule has 28 heavy (non-hydrogen) atoms. The first-order valence-corrected chi connectivity index (χ1v) is 10.4. The van der Waals surface area contributed by atoms with Gasteiger partial charge in [0.05, 0.1) is 6.26 Å². The van der Waals surface area contributed by atoms with E-state index in [-0.39, 0.29) is 24.0 Å². The van der Waals surface area contributed by atoms with Gasteiger partial charge in [0.25, 0.3) is 0 Å².